The van der Waals surface area contributed by atoms with E-state index in [0.29, 0.717) is 11.5 Å². The molecule has 102 valence electrons. The van der Waals surface area contributed by atoms with Gasteiger partial charge in [-0.1, -0.05) is 52.8 Å². The molecule has 0 radical (unpaired) electrons. The second-order valence-corrected chi connectivity index (χ2v) is 6.35. The molecule has 0 spiro atoms. The highest BCUT2D eigenvalue weighted by Crippen LogP contribution is 2.43. The van der Waals surface area contributed by atoms with Crippen molar-refractivity contribution in [3.8, 4) is 0 Å². The van der Waals surface area contributed by atoms with Crippen molar-refractivity contribution in [2.75, 3.05) is 7.05 Å². The van der Waals surface area contributed by atoms with Crippen LogP contribution in [0.1, 0.15) is 24.8 Å². The van der Waals surface area contributed by atoms with E-state index in [1.54, 1.807) is 11.9 Å². The minimum atomic E-state index is -0.592. The summed E-state index contributed by atoms with van der Waals surface area (Å²) >= 11 is 8.58. The molecule has 2 N–H and O–H groups in total. The van der Waals surface area contributed by atoms with Crippen molar-refractivity contribution < 1.29 is 4.79 Å². The largest absolute Gasteiger partial charge is 0.392 e. The third-order valence-corrected chi connectivity index (χ3v) is 4.96. The Morgan fingerprint density at radius 1 is 1.47 bits per heavy atom. The molecule has 1 amide bonds. The number of nitrogens with two attached hydrogens (primary N) is 1. The van der Waals surface area contributed by atoms with Crippen LogP contribution in [-0.4, -0.2) is 22.8 Å². The van der Waals surface area contributed by atoms with Crippen LogP contribution in [0.3, 0.4) is 0 Å². The average Bonchev–Trinajstić information content (AvgIpc) is 2.30. The maximum absolute atomic E-state index is 12.5. The van der Waals surface area contributed by atoms with Crippen LogP contribution in [0.5, 0.6) is 0 Å². The number of carbonyl (C=O) groups excluding carboxylic acids is 1. The Hall–Kier alpha value is -0.940. The van der Waals surface area contributed by atoms with E-state index >= 15 is 0 Å². The van der Waals surface area contributed by atoms with Gasteiger partial charge in [0, 0.05) is 18.1 Å². The van der Waals surface area contributed by atoms with Gasteiger partial charge < -0.3 is 10.6 Å². The number of benzene rings is 1. The fourth-order valence-electron chi connectivity index (χ4n) is 2.42. The van der Waals surface area contributed by atoms with Crippen LogP contribution in [0.4, 0.5) is 0 Å². The van der Waals surface area contributed by atoms with Crippen molar-refractivity contribution in [1.82, 2.24) is 4.90 Å². The van der Waals surface area contributed by atoms with Gasteiger partial charge in [-0.15, -0.1) is 0 Å². The summed E-state index contributed by atoms with van der Waals surface area (Å²) < 4.78 is 1.01. The standard InChI is InChI=1S/C14H17BrN2OS/c1-17(9-10-5-2-3-6-11(10)15)13(18)14(12(16)19)7-4-8-14/h2-3,5-6H,4,7-9H2,1H3,(H2,16,19). The van der Waals surface area contributed by atoms with E-state index in [9.17, 15) is 4.79 Å². The number of thiocarbonyl (C=S) groups is 1. The molecule has 2 rings (SSSR count). The van der Waals surface area contributed by atoms with Gasteiger partial charge in [0.1, 0.15) is 0 Å². The van der Waals surface area contributed by atoms with E-state index in [-0.39, 0.29) is 5.91 Å². The van der Waals surface area contributed by atoms with E-state index < -0.39 is 5.41 Å². The first-order chi connectivity index (χ1) is 8.97. The van der Waals surface area contributed by atoms with Gasteiger partial charge in [0.15, 0.2) is 0 Å². The summed E-state index contributed by atoms with van der Waals surface area (Å²) in [7, 11) is 1.81. The van der Waals surface area contributed by atoms with Crippen molar-refractivity contribution >= 4 is 39.0 Å². The lowest BCUT2D eigenvalue weighted by Gasteiger charge is -2.41. The van der Waals surface area contributed by atoms with Gasteiger partial charge in [-0.25, -0.2) is 0 Å². The van der Waals surface area contributed by atoms with E-state index in [1.165, 1.54) is 0 Å². The number of hydrogen-bond acceptors (Lipinski definition) is 2. The first-order valence-corrected chi connectivity index (χ1v) is 7.46. The number of hydrogen-bond donors (Lipinski definition) is 1. The first-order valence-electron chi connectivity index (χ1n) is 6.26. The SMILES string of the molecule is CN(Cc1ccccc1Br)C(=O)C1(C(N)=S)CCC1. The third kappa shape index (κ3) is 2.67. The Morgan fingerprint density at radius 3 is 2.58 bits per heavy atom. The summed E-state index contributed by atoms with van der Waals surface area (Å²) in [6.45, 7) is 0.560. The molecule has 1 aromatic rings. The second kappa shape index (κ2) is 5.59. The molecule has 1 fully saturated rings. The fraction of sp³-hybridized carbons (Fsp3) is 0.429. The maximum Gasteiger partial charge on any atom is 0.235 e. The van der Waals surface area contributed by atoms with Crippen LogP contribution in [0.15, 0.2) is 28.7 Å². The highest BCUT2D eigenvalue weighted by molar-refractivity contribution is 9.10. The molecule has 1 aliphatic rings. The number of halogens is 1. The monoisotopic (exact) mass is 340 g/mol. The highest BCUT2D eigenvalue weighted by Gasteiger charge is 2.48. The van der Waals surface area contributed by atoms with Gasteiger partial charge in [0.2, 0.25) is 5.91 Å². The van der Waals surface area contributed by atoms with Gasteiger partial charge in [-0.3, -0.25) is 4.79 Å². The minimum absolute atomic E-state index is 0.0435. The smallest absolute Gasteiger partial charge is 0.235 e. The molecule has 0 heterocycles. The van der Waals surface area contributed by atoms with Gasteiger partial charge >= 0.3 is 0 Å². The van der Waals surface area contributed by atoms with Crippen LogP contribution in [-0.2, 0) is 11.3 Å². The zero-order valence-corrected chi connectivity index (χ0v) is 13.3. The molecule has 1 aromatic carbocycles. The van der Waals surface area contributed by atoms with Crippen LogP contribution in [0.2, 0.25) is 0 Å². The lowest BCUT2D eigenvalue weighted by atomic mass is 9.67. The third-order valence-electron chi connectivity index (χ3n) is 3.80. The van der Waals surface area contributed by atoms with Crippen molar-refractivity contribution in [2.45, 2.75) is 25.8 Å². The molecule has 5 heteroatoms. The Kier molecular flexibility index (Phi) is 4.26. The Morgan fingerprint density at radius 2 is 2.11 bits per heavy atom. The predicted octanol–water partition coefficient (Wildman–Crippen LogP) is 2.86. The number of carbonyl (C=O) groups is 1. The van der Waals surface area contributed by atoms with Crippen molar-refractivity contribution in [3.63, 3.8) is 0 Å². The van der Waals surface area contributed by atoms with Crippen molar-refractivity contribution in [3.05, 3.63) is 34.3 Å². The van der Waals surface area contributed by atoms with Gasteiger partial charge in [-0.05, 0) is 24.5 Å². The minimum Gasteiger partial charge on any atom is -0.392 e. The van der Waals surface area contributed by atoms with Crippen LogP contribution < -0.4 is 5.73 Å². The van der Waals surface area contributed by atoms with Gasteiger partial charge in [0.25, 0.3) is 0 Å². The summed E-state index contributed by atoms with van der Waals surface area (Å²) in [6.07, 6.45) is 2.58. The Balaban J connectivity index is 2.12. The Bertz CT molecular complexity index is 514. The molecule has 0 bridgehead atoms. The molecule has 0 unspecified atom stereocenters. The van der Waals surface area contributed by atoms with Crippen LogP contribution >= 0.6 is 28.1 Å². The second-order valence-electron chi connectivity index (χ2n) is 5.05. The quantitative estimate of drug-likeness (QED) is 0.857. The highest BCUT2D eigenvalue weighted by atomic mass is 79.9. The number of amides is 1. The van der Waals surface area contributed by atoms with E-state index in [2.05, 4.69) is 15.9 Å². The molecule has 0 atom stereocenters. The number of rotatable bonds is 4. The molecule has 0 aliphatic heterocycles. The summed E-state index contributed by atoms with van der Waals surface area (Å²) in [6, 6.07) is 7.89. The lowest BCUT2D eigenvalue weighted by Crippen LogP contribution is -2.53. The average molecular weight is 341 g/mol. The van der Waals surface area contributed by atoms with E-state index in [4.69, 9.17) is 18.0 Å². The fourth-order valence-corrected chi connectivity index (χ4v) is 3.12. The van der Waals surface area contributed by atoms with Gasteiger partial charge in [0.05, 0.1) is 10.4 Å². The summed E-state index contributed by atoms with van der Waals surface area (Å²) in [4.78, 5) is 14.6. The van der Waals surface area contributed by atoms with Crippen molar-refractivity contribution in [1.29, 1.82) is 0 Å². The molecule has 1 aliphatic carbocycles. The molecule has 19 heavy (non-hydrogen) atoms. The zero-order valence-electron chi connectivity index (χ0n) is 10.9. The zero-order chi connectivity index (χ0) is 14.0. The molecule has 1 saturated carbocycles. The summed E-state index contributed by atoms with van der Waals surface area (Å²) in [5.41, 5.74) is 6.26. The topological polar surface area (TPSA) is 46.3 Å². The predicted molar refractivity (Wildman–Crippen MR) is 83.7 cm³/mol. The molecular formula is C14H17BrN2OS. The normalized spacial score (nSPS) is 16.5. The lowest BCUT2D eigenvalue weighted by molar-refractivity contribution is -0.141. The summed E-state index contributed by atoms with van der Waals surface area (Å²) in [5, 5.41) is 0. The maximum atomic E-state index is 12.5. The van der Waals surface area contributed by atoms with E-state index in [0.717, 1.165) is 29.3 Å². The van der Waals surface area contributed by atoms with Crippen molar-refractivity contribution in [2.24, 2.45) is 11.1 Å². The molecule has 0 aromatic heterocycles. The molecular weight excluding hydrogens is 324 g/mol. The first kappa shape index (κ1) is 14.5. The van der Waals surface area contributed by atoms with Gasteiger partial charge in [-0.2, -0.15) is 0 Å². The van der Waals surface area contributed by atoms with E-state index in [1.807, 2.05) is 24.3 Å². The molecule has 0 saturated heterocycles. The van der Waals surface area contributed by atoms with Crippen LogP contribution in [0, 0.1) is 5.41 Å². The molecule has 3 nitrogen and oxygen atoms in total. The number of nitrogens with zero attached hydrogens (tertiary/aromatic N) is 1. The van der Waals surface area contributed by atoms with Crippen LogP contribution in [0.25, 0.3) is 0 Å². The summed E-state index contributed by atoms with van der Waals surface area (Å²) in [5.74, 6) is 0.0435. The Labute approximate surface area is 127 Å².